The van der Waals surface area contributed by atoms with Gasteiger partial charge in [0.25, 0.3) is 0 Å². The lowest BCUT2D eigenvalue weighted by Crippen LogP contribution is -2.59. The van der Waals surface area contributed by atoms with Gasteiger partial charge in [0, 0.05) is 4.90 Å². The molecule has 0 amide bonds. The fraction of sp³-hybridized carbons (Fsp3) is 0.314. The summed E-state index contributed by atoms with van der Waals surface area (Å²) in [7, 11) is 1.64. The minimum atomic E-state index is -0.958. The summed E-state index contributed by atoms with van der Waals surface area (Å²) in [5, 5.41) is 11.6. The maximum atomic E-state index is 11.6. The molecule has 0 aromatic heterocycles. The second-order valence-electron chi connectivity index (χ2n) is 10.4. The number of benzene rings is 4. The summed E-state index contributed by atoms with van der Waals surface area (Å²) in [4.78, 5) is 1.05. The standard InChI is InChI=1S/C35H38O6S/c1-25-13-19-30(20-14-25)42-35-34(40-23-27-11-7-4-8-12-27)33(39-22-26-9-5-3-6-10-26)32(36)31(41-35)24-38-21-28-15-17-29(37-2)18-16-28/h3-20,31-36H,21-24H2,1-2H3/t31-,32-,33+,34-,35+/m1/s1. The summed E-state index contributed by atoms with van der Waals surface area (Å²) >= 11 is 1.57. The van der Waals surface area contributed by atoms with Crippen molar-refractivity contribution < 1.29 is 28.8 Å². The van der Waals surface area contributed by atoms with Crippen LogP contribution in [0.5, 0.6) is 5.75 Å². The second-order valence-corrected chi connectivity index (χ2v) is 11.5. The van der Waals surface area contributed by atoms with Crippen LogP contribution in [0.4, 0.5) is 0 Å². The van der Waals surface area contributed by atoms with Crippen LogP contribution in [-0.2, 0) is 38.8 Å². The predicted molar refractivity (Wildman–Crippen MR) is 164 cm³/mol. The van der Waals surface area contributed by atoms with Crippen LogP contribution in [0.1, 0.15) is 22.3 Å². The molecule has 6 nitrogen and oxygen atoms in total. The summed E-state index contributed by atoms with van der Waals surface area (Å²) in [5.41, 5.74) is 3.82. The summed E-state index contributed by atoms with van der Waals surface area (Å²) in [5.74, 6) is 0.792. The number of hydrogen-bond donors (Lipinski definition) is 1. The van der Waals surface area contributed by atoms with E-state index in [9.17, 15) is 5.11 Å². The molecule has 0 bridgehead atoms. The SMILES string of the molecule is COc1ccc(COC[C@H]2O[C@@H](Sc3ccc(C)cc3)[C@H](OCc3ccccc3)[C@@H](OCc3ccccc3)[C@@H]2O)cc1. The zero-order valence-corrected chi connectivity index (χ0v) is 24.8. The molecule has 1 heterocycles. The van der Waals surface area contributed by atoms with Crippen LogP contribution < -0.4 is 4.74 Å². The average molecular weight is 587 g/mol. The number of aliphatic hydroxyl groups is 1. The Labute approximate surface area is 252 Å². The van der Waals surface area contributed by atoms with Crippen LogP contribution >= 0.6 is 11.8 Å². The number of thioether (sulfide) groups is 1. The molecule has 1 aliphatic rings. The number of methoxy groups -OCH3 is 1. The highest BCUT2D eigenvalue weighted by atomic mass is 32.2. The van der Waals surface area contributed by atoms with E-state index in [0.29, 0.717) is 19.8 Å². The van der Waals surface area contributed by atoms with E-state index >= 15 is 0 Å². The van der Waals surface area contributed by atoms with Gasteiger partial charge in [0.05, 0.1) is 33.5 Å². The Kier molecular flexibility index (Phi) is 11.1. The van der Waals surface area contributed by atoms with Gasteiger partial charge in [-0.15, -0.1) is 0 Å². The topological polar surface area (TPSA) is 66.4 Å². The van der Waals surface area contributed by atoms with E-state index in [1.807, 2.05) is 84.9 Å². The molecule has 5 rings (SSSR count). The van der Waals surface area contributed by atoms with Crippen molar-refractivity contribution in [1.82, 2.24) is 0 Å². The van der Waals surface area contributed by atoms with Gasteiger partial charge in [-0.2, -0.15) is 0 Å². The van der Waals surface area contributed by atoms with Gasteiger partial charge in [-0.3, -0.25) is 0 Å². The molecule has 1 fully saturated rings. The first kappa shape index (κ1) is 30.3. The lowest BCUT2D eigenvalue weighted by molar-refractivity contribution is -0.240. The van der Waals surface area contributed by atoms with E-state index in [1.165, 1.54) is 5.56 Å². The molecule has 1 saturated heterocycles. The summed E-state index contributed by atoms with van der Waals surface area (Å²) in [6.07, 6.45) is -2.74. The predicted octanol–water partition coefficient (Wildman–Crippen LogP) is 6.57. The van der Waals surface area contributed by atoms with E-state index in [2.05, 4.69) is 31.2 Å². The van der Waals surface area contributed by atoms with Crippen LogP contribution in [0.25, 0.3) is 0 Å². The molecular weight excluding hydrogens is 548 g/mol. The van der Waals surface area contributed by atoms with Crippen molar-refractivity contribution in [3.05, 3.63) is 131 Å². The van der Waals surface area contributed by atoms with Crippen LogP contribution in [0.2, 0.25) is 0 Å². The summed E-state index contributed by atoms with van der Waals surface area (Å²) in [6.45, 7) is 3.37. The second kappa shape index (κ2) is 15.3. The van der Waals surface area contributed by atoms with E-state index in [1.54, 1.807) is 18.9 Å². The smallest absolute Gasteiger partial charge is 0.137 e. The van der Waals surface area contributed by atoms with Gasteiger partial charge in [-0.05, 0) is 47.9 Å². The molecule has 0 unspecified atom stereocenters. The lowest BCUT2D eigenvalue weighted by atomic mass is 9.99. The minimum absolute atomic E-state index is 0.203. The van der Waals surface area contributed by atoms with Crippen molar-refractivity contribution >= 4 is 11.8 Å². The quantitative estimate of drug-likeness (QED) is 0.190. The third-order valence-electron chi connectivity index (χ3n) is 7.17. The minimum Gasteiger partial charge on any atom is -0.497 e. The molecule has 0 aliphatic carbocycles. The van der Waals surface area contributed by atoms with Gasteiger partial charge in [0.2, 0.25) is 0 Å². The molecule has 4 aromatic rings. The average Bonchev–Trinajstić information content (AvgIpc) is 3.03. The van der Waals surface area contributed by atoms with E-state index < -0.39 is 29.9 Å². The molecule has 0 radical (unpaired) electrons. The van der Waals surface area contributed by atoms with E-state index in [4.69, 9.17) is 23.7 Å². The van der Waals surface area contributed by atoms with Crippen molar-refractivity contribution in [2.75, 3.05) is 13.7 Å². The number of aliphatic hydroxyl groups excluding tert-OH is 1. The van der Waals surface area contributed by atoms with Gasteiger partial charge in [-0.25, -0.2) is 0 Å². The lowest BCUT2D eigenvalue weighted by Gasteiger charge is -2.44. The Morgan fingerprint density at radius 2 is 1.26 bits per heavy atom. The summed E-state index contributed by atoms with van der Waals surface area (Å²) < 4.78 is 30.8. The highest BCUT2D eigenvalue weighted by Gasteiger charge is 2.47. The number of ether oxygens (including phenoxy) is 5. The molecule has 5 atom stereocenters. The Morgan fingerprint density at radius 3 is 1.86 bits per heavy atom. The zero-order valence-electron chi connectivity index (χ0n) is 24.0. The normalized spacial score (nSPS) is 22.1. The number of rotatable bonds is 13. The van der Waals surface area contributed by atoms with Crippen molar-refractivity contribution in [2.24, 2.45) is 0 Å². The molecule has 1 N–H and O–H groups in total. The number of aryl methyl sites for hydroxylation is 1. The van der Waals surface area contributed by atoms with Gasteiger partial charge in [0.15, 0.2) is 0 Å². The van der Waals surface area contributed by atoms with Crippen LogP contribution in [0.3, 0.4) is 0 Å². The highest BCUT2D eigenvalue weighted by molar-refractivity contribution is 7.99. The molecule has 1 aliphatic heterocycles. The first-order valence-corrected chi connectivity index (χ1v) is 15.1. The van der Waals surface area contributed by atoms with Crippen LogP contribution in [0.15, 0.2) is 114 Å². The maximum Gasteiger partial charge on any atom is 0.137 e. The Morgan fingerprint density at radius 1 is 0.690 bits per heavy atom. The molecule has 220 valence electrons. The zero-order chi connectivity index (χ0) is 29.1. The fourth-order valence-electron chi connectivity index (χ4n) is 4.79. The molecular formula is C35H38O6S. The largest absolute Gasteiger partial charge is 0.497 e. The van der Waals surface area contributed by atoms with E-state index in [0.717, 1.165) is 27.3 Å². The summed E-state index contributed by atoms with van der Waals surface area (Å²) in [6, 6.07) is 36.0. The molecule has 0 saturated carbocycles. The maximum absolute atomic E-state index is 11.6. The van der Waals surface area contributed by atoms with Crippen molar-refractivity contribution in [3.8, 4) is 5.75 Å². The Hall–Kier alpha value is -3.17. The molecule has 42 heavy (non-hydrogen) atoms. The highest BCUT2D eigenvalue weighted by Crippen LogP contribution is 2.37. The molecule has 0 spiro atoms. The fourth-order valence-corrected chi connectivity index (χ4v) is 5.92. The van der Waals surface area contributed by atoms with Crippen molar-refractivity contribution in [2.45, 2.75) is 61.5 Å². The van der Waals surface area contributed by atoms with Gasteiger partial charge in [0.1, 0.15) is 35.6 Å². The van der Waals surface area contributed by atoms with Gasteiger partial charge < -0.3 is 28.8 Å². The molecule has 4 aromatic carbocycles. The molecule has 7 heteroatoms. The van der Waals surface area contributed by atoms with Gasteiger partial charge in [-0.1, -0.05) is 102 Å². The van der Waals surface area contributed by atoms with Crippen molar-refractivity contribution in [1.29, 1.82) is 0 Å². The monoisotopic (exact) mass is 586 g/mol. The van der Waals surface area contributed by atoms with Crippen molar-refractivity contribution in [3.63, 3.8) is 0 Å². The first-order chi connectivity index (χ1) is 20.6. The van der Waals surface area contributed by atoms with Crippen LogP contribution in [0, 0.1) is 6.92 Å². The van der Waals surface area contributed by atoms with Gasteiger partial charge >= 0.3 is 0 Å². The van der Waals surface area contributed by atoms with E-state index in [-0.39, 0.29) is 6.61 Å². The van der Waals surface area contributed by atoms with Crippen LogP contribution in [-0.4, -0.2) is 48.7 Å². The third kappa shape index (κ3) is 8.44. The third-order valence-corrected chi connectivity index (χ3v) is 8.33. The number of hydrogen-bond acceptors (Lipinski definition) is 7. The Bertz CT molecular complexity index is 1330. The first-order valence-electron chi connectivity index (χ1n) is 14.2. The Balaban J connectivity index is 1.35.